The average Bonchev–Trinajstić information content (AvgIpc) is 3.07. The summed E-state index contributed by atoms with van der Waals surface area (Å²) >= 11 is 0. The zero-order chi connectivity index (χ0) is 19.6. The van der Waals surface area contributed by atoms with Crippen molar-refractivity contribution in [3.63, 3.8) is 0 Å². The van der Waals surface area contributed by atoms with Crippen molar-refractivity contribution >= 4 is 21.6 Å². The molecule has 2 aliphatic heterocycles. The van der Waals surface area contributed by atoms with Gasteiger partial charge in [0, 0.05) is 38.3 Å². The average molecular weight is 400 g/mol. The highest BCUT2D eigenvalue weighted by Crippen LogP contribution is 2.24. The molecule has 7 heteroatoms. The van der Waals surface area contributed by atoms with Crippen LogP contribution in [0, 0.1) is 0 Å². The van der Waals surface area contributed by atoms with Crippen LogP contribution in [0.1, 0.15) is 27.9 Å². The monoisotopic (exact) mass is 399 g/mol. The second kappa shape index (κ2) is 7.93. The first-order valence-corrected chi connectivity index (χ1v) is 11.3. The Morgan fingerprint density at radius 1 is 1.00 bits per heavy atom. The van der Waals surface area contributed by atoms with Crippen LogP contribution in [0.4, 0.5) is 5.69 Å². The molecule has 0 bridgehead atoms. The number of sulfonamides is 1. The predicted octanol–water partition coefficient (Wildman–Crippen LogP) is 2.01. The van der Waals surface area contributed by atoms with Crippen LogP contribution in [0.15, 0.2) is 48.5 Å². The quantitative estimate of drug-likeness (QED) is 0.835. The fourth-order valence-corrected chi connectivity index (χ4v) is 5.45. The maximum Gasteiger partial charge on any atom is 0.251 e. The lowest BCUT2D eigenvalue weighted by atomic mass is 10.00. The van der Waals surface area contributed by atoms with E-state index >= 15 is 0 Å². The van der Waals surface area contributed by atoms with Gasteiger partial charge < -0.3 is 5.32 Å². The Morgan fingerprint density at radius 2 is 1.75 bits per heavy atom. The molecule has 0 unspecified atom stereocenters. The van der Waals surface area contributed by atoms with Gasteiger partial charge in [0.25, 0.3) is 5.91 Å². The molecule has 2 aromatic carbocycles. The van der Waals surface area contributed by atoms with Crippen molar-refractivity contribution in [2.24, 2.45) is 0 Å². The summed E-state index contributed by atoms with van der Waals surface area (Å²) in [7, 11) is -3.19. The Bertz CT molecular complexity index is 957. The number of amides is 1. The number of benzene rings is 2. The number of nitrogens with zero attached hydrogens (tertiary/aromatic N) is 2. The molecule has 2 aromatic rings. The van der Waals surface area contributed by atoms with E-state index in [-0.39, 0.29) is 11.7 Å². The maximum atomic E-state index is 12.4. The van der Waals surface area contributed by atoms with Gasteiger partial charge in [-0.25, -0.2) is 8.42 Å². The first-order chi connectivity index (χ1) is 13.5. The number of carbonyl (C=O) groups excluding carboxylic acids is 1. The molecule has 1 amide bonds. The van der Waals surface area contributed by atoms with Gasteiger partial charge in [-0.05, 0) is 48.2 Å². The van der Waals surface area contributed by atoms with Crippen molar-refractivity contribution in [1.82, 2.24) is 10.2 Å². The van der Waals surface area contributed by atoms with Gasteiger partial charge in [0.1, 0.15) is 0 Å². The van der Waals surface area contributed by atoms with Crippen molar-refractivity contribution in [3.8, 4) is 0 Å². The lowest BCUT2D eigenvalue weighted by Gasteiger charge is -2.28. The van der Waals surface area contributed by atoms with Crippen LogP contribution in [0.25, 0.3) is 0 Å². The normalized spacial score (nSPS) is 18.6. The molecule has 0 aromatic heterocycles. The summed E-state index contributed by atoms with van der Waals surface area (Å²) in [5.74, 6) is 0.0594. The van der Waals surface area contributed by atoms with Crippen LogP contribution in [-0.2, 0) is 23.0 Å². The van der Waals surface area contributed by atoms with E-state index in [1.165, 1.54) is 15.4 Å². The molecule has 4 rings (SSSR count). The molecule has 148 valence electrons. The summed E-state index contributed by atoms with van der Waals surface area (Å²) in [4.78, 5) is 14.7. The van der Waals surface area contributed by atoms with Crippen molar-refractivity contribution in [2.75, 3.05) is 36.2 Å². The molecule has 2 heterocycles. The number of carbonyl (C=O) groups is 1. The SMILES string of the molecule is O=C(NCCN1CCc2ccccc2C1)c1ccc(N2CCCS2(=O)=O)cc1. The van der Waals surface area contributed by atoms with Crippen molar-refractivity contribution in [3.05, 3.63) is 65.2 Å². The lowest BCUT2D eigenvalue weighted by molar-refractivity contribution is 0.0947. The molecule has 0 atom stereocenters. The van der Waals surface area contributed by atoms with Crippen LogP contribution < -0.4 is 9.62 Å². The zero-order valence-electron chi connectivity index (χ0n) is 15.8. The standard InChI is InChI=1S/C21H25N3O3S/c25-21(18-6-8-20(9-7-18)24-12-3-15-28(24,26)27)22-11-14-23-13-10-17-4-1-2-5-19(17)16-23/h1-2,4-9H,3,10-16H2,(H,22,25). The number of anilines is 1. The Hall–Kier alpha value is -2.38. The molecule has 0 radical (unpaired) electrons. The molecular weight excluding hydrogens is 374 g/mol. The molecule has 0 saturated carbocycles. The van der Waals surface area contributed by atoms with Gasteiger partial charge in [-0.15, -0.1) is 0 Å². The van der Waals surface area contributed by atoms with E-state index in [2.05, 4.69) is 34.5 Å². The highest BCUT2D eigenvalue weighted by Gasteiger charge is 2.28. The van der Waals surface area contributed by atoms with Gasteiger partial charge in [0.15, 0.2) is 0 Å². The second-order valence-corrected chi connectivity index (χ2v) is 9.35. The summed E-state index contributed by atoms with van der Waals surface area (Å²) in [6.45, 7) is 3.83. The summed E-state index contributed by atoms with van der Waals surface area (Å²) in [5.41, 5.74) is 3.96. The third-order valence-corrected chi connectivity index (χ3v) is 7.31. The molecule has 0 aliphatic carbocycles. The van der Waals surface area contributed by atoms with E-state index in [4.69, 9.17) is 0 Å². The van der Waals surface area contributed by atoms with Gasteiger partial charge in [0.05, 0.1) is 11.4 Å². The van der Waals surface area contributed by atoms with Crippen LogP contribution in [0.2, 0.25) is 0 Å². The number of hydrogen-bond donors (Lipinski definition) is 1. The minimum Gasteiger partial charge on any atom is -0.351 e. The zero-order valence-corrected chi connectivity index (χ0v) is 16.6. The van der Waals surface area contributed by atoms with E-state index in [1.54, 1.807) is 24.3 Å². The number of fused-ring (bicyclic) bond motifs is 1. The summed E-state index contributed by atoms with van der Waals surface area (Å²) in [6, 6.07) is 15.3. The third kappa shape index (κ3) is 4.05. The van der Waals surface area contributed by atoms with E-state index < -0.39 is 10.0 Å². The third-order valence-electron chi connectivity index (χ3n) is 5.44. The highest BCUT2D eigenvalue weighted by atomic mass is 32.2. The molecule has 6 nitrogen and oxygen atoms in total. The van der Waals surface area contributed by atoms with E-state index in [9.17, 15) is 13.2 Å². The van der Waals surface area contributed by atoms with Crippen LogP contribution in [0.3, 0.4) is 0 Å². The number of rotatable bonds is 5. The molecule has 1 fully saturated rings. The summed E-state index contributed by atoms with van der Waals surface area (Å²) < 4.78 is 25.4. The van der Waals surface area contributed by atoms with Crippen LogP contribution in [-0.4, -0.2) is 51.2 Å². The van der Waals surface area contributed by atoms with Gasteiger partial charge in [-0.1, -0.05) is 24.3 Å². The maximum absolute atomic E-state index is 12.4. The summed E-state index contributed by atoms with van der Waals surface area (Å²) in [5, 5.41) is 2.96. The lowest BCUT2D eigenvalue weighted by Crippen LogP contribution is -2.37. The molecule has 0 spiro atoms. The van der Waals surface area contributed by atoms with Crippen molar-refractivity contribution in [2.45, 2.75) is 19.4 Å². The van der Waals surface area contributed by atoms with Gasteiger partial charge in [0.2, 0.25) is 10.0 Å². The van der Waals surface area contributed by atoms with E-state index in [0.717, 1.165) is 26.1 Å². The van der Waals surface area contributed by atoms with Gasteiger partial charge >= 0.3 is 0 Å². The van der Waals surface area contributed by atoms with Crippen molar-refractivity contribution in [1.29, 1.82) is 0 Å². The van der Waals surface area contributed by atoms with Crippen LogP contribution >= 0.6 is 0 Å². The Morgan fingerprint density at radius 3 is 2.46 bits per heavy atom. The fourth-order valence-electron chi connectivity index (χ4n) is 3.88. The van der Waals surface area contributed by atoms with Gasteiger partial charge in [-0.2, -0.15) is 0 Å². The fraction of sp³-hybridized carbons (Fsp3) is 0.381. The number of nitrogens with one attached hydrogen (secondary N) is 1. The van der Waals surface area contributed by atoms with Gasteiger partial charge in [-0.3, -0.25) is 14.0 Å². The second-order valence-electron chi connectivity index (χ2n) is 7.34. The smallest absolute Gasteiger partial charge is 0.251 e. The first-order valence-electron chi connectivity index (χ1n) is 9.71. The Labute approximate surface area is 166 Å². The van der Waals surface area contributed by atoms with E-state index in [0.29, 0.717) is 30.8 Å². The minimum absolute atomic E-state index is 0.131. The minimum atomic E-state index is -3.19. The first kappa shape index (κ1) is 19.0. The molecule has 1 saturated heterocycles. The van der Waals surface area contributed by atoms with Crippen LogP contribution in [0.5, 0.6) is 0 Å². The molecule has 28 heavy (non-hydrogen) atoms. The van der Waals surface area contributed by atoms with Crippen molar-refractivity contribution < 1.29 is 13.2 Å². The largest absolute Gasteiger partial charge is 0.351 e. The Kier molecular flexibility index (Phi) is 5.37. The number of hydrogen-bond acceptors (Lipinski definition) is 4. The van der Waals surface area contributed by atoms with E-state index in [1.807, 2.05) is 0 Å². The molecule has 1 N–H and O–H groups in total. The highest BCUT2D eigenvalue weighted by molar-refractivity contribution is 7.93. The molecule has 2 aliphatic rings. The predicted molar refractivity (Wildman–Crippen MR) is 110 cm³/mol. The topological polar surface area (TPSA) is 69.7 Å². The molecular formula is C21H25N3O3S. The Balaban J connectivity index is 1.29. The summed E-state index contributed by atoms with van der Waals surface area (Å²) in [6.07, 6.45) is 1.69.